The highest BCUT2D eigenvalue weighted by Crippen LogP contribution is 2.18. The predicted molar refractivity (Wildman–Crippen MR) is 106 cm³/mol. The first-order valence-electron chi connectivity index (χ1n) is 8.56. The Bertz CT molecular complexity index is 859. The van der Waals surface area contributed by atoms with Crippen molar-refractivity contribution < 1.29 is 9.21 Å². The van der Waals surface area contributed by atoms with Crippen LogP contribution in [0, 0.1) is 0 Å². The molecular weight excluding hydrogens is 362 g/mol. The van der Waals surface area contributed by atoms with Crippen LogP contribution in [0.15, 0.2) is 58.6 Å². The van der Waals surface area contributed by atoms with Crippen LogP contribution in [-0.2, 0) is 17.9 Å². The summed E-state index contributed by atoms with van der Waals surface area (Å²) in [7, 11) is 5.83. The van der Waals surface area contributed by atoms with E-state index in [4.69, 9.17) is 4.42 Å². The number of carbonyl (C=O) groups excluding carboxylic acids is 1. The number of benzene rings is 1. The minimum Gasteiger partial charge on any atom is -0.467 e. The number of carbonyl (C=O) groups is 1. The molecule has 8 heteroatoms. The Morgan fingerprint density at radius 1 is 1.19 bits per heavy atom. The Hall–Kier alpha value is -2.74. The molecule has 3 aromatic rings. The molecule has 27 heavy (non-hydrogen) atoms. The molecule has 0 aliphatic carbocycles. The largest absolute Gasteiger partial charge is 0.467 e. The van der Waals surface area contributed by atoms with Gasteiger partial charge in [-0.1, -0.05) is 23.9 Å². The van der Waals surface area contributed by atoms with Gasteiger partial charge in [-0.3, -0.25) is 4.79 Å². The fourth-order valence-electron chi connectivity index (χ4n) is 2.53. The maximum atomic E-state index is 12.5. The van der Waals surface area contributed by atoms with Crippen molar-refractivity contribution in [3.63, 3.8) is 0 Å². The van der Waals surface area contributed by atoms with E-state index in [9.17, 15) is 4.79 Å². The fraction of sp³-hybridized carbons (Fsp3) is 0.316. The smallest absolute Gasteiger partial charge is 0.233 e. The van der Waals surface area contributed by atoms with E-state index >= 15 is 0 Å². The maximum Gasteiger partial charge on any atom is 0.233 e. The van der Waals surface area contributed by atoms with Crippen LogP contribution in [0.3, 0.4) is 0 Å². The summed E-state index contributed by atoms with van der Waals surface area (Å²) >= 11 is 1.38. The van der Waals surface area contributed by atoms with Gasteiger partial charge in [0.15, 0.2) is 5.16 Å². The number of amides is 1. The van der Waals surface area contributed by atoms with E-state index < -0.39 is 0 Å². The molecule has 0 unspecified atom stereocenters. The van der Waals surface area contributed by atoms with Crippen LogP contribution in [0.25, 0.3) is 0 Å². The highest BCUT2D eigenvalue weighted by Gasteiger charge is 2.13. The van der Waals surface area contributed by atoms with Gasteiger partial charge in [0.1, 0.15) is 12.1 Å². The second-order valence-electron chi connectivity index (χ2n) is 6.42. The monoisotopic (exact) mass is 385 g/mol. The Labute approximate surface area is 163 Å². The van der Waals surface area contributed by atoms with Gasteiger partial charge in [-0.05, 0) is 29.8 Å². The molecule has 0 aliphatic heterocycles. The summed E-state index contributed by atoms with van der Waals surface area (Å²) < 4.78 is 7.22. The van der Waals surface area contributed by atoms with Crippen molar-refractivity contribution >= 4 is 23.4 Å². The standard InChI is InChI=1S/C19H23N5O2S/c1-22(2)16-8-6-15(7-9-16)11-23(3)18(25)13-27-19-21-20-14-24(19)12-17-5-4-10-26-17/h4-10,14H,11-13H2,1-3H3. The Morgan fingerprint density at radius 3 is 2.63 bits per heavy atom. The lowest BCUT2D eigenvalue weighted by molar-refractivity contribution is -0.127. The summed E-state index contributed by atoms with van der Waals surface area (Å²) in [5.41, 5.74) is 2.24. The molecule has 142 valence electrons. The highest BCUT2D eigenvalue weighted by molar-refractivity contribution is 7.99. The second-order valence-corrected chi connectivity index (χ2v) is 7.36. The van der Waals surface area contributed by atoms with E-state index in [1.807, 2.05) is 54.9 Å². The van der Waals surface area contributed by atoms with Gasteiger partial charge in [-0.2, -0.15) is 0 Å². The van der Waals surface area contributed by atoms with Crippen LogP contribution in [0.1, 0.15) is 11.3 Å². The molecule has 1 amide bonds. The SMILES string of the molecule is CN(Cc1ccc(N(C)C)cc1)C(=O)CSc1nncn1Cc1ccco1. The summed E-state index contributed by atoms with van der Waals surface area (Å²) in [5, 5.41) is 8.73. The molecule has 0 radical (unpaired) electrons. The number of nitrogens with zero attached hydrogens (tertiary/aromatic N) is 5. The third-order valence-corrected chi connectivity index (χ3v) is 5.07. The third kappa shape index (κ3) is 5.13. The maximum absolute atomic E-state index is 12.5. The number of thioether (sulfide) groups is 1. The molecule has 1 aromatic carbocycles. The summed E-state index contributed by atoms with van der Waals surface area (Å²) in [6, 6.07) is 11.9. The van der Waals surface area contributed by atoms with Crippen LogP contribution in [-0.4, -0.2) is 52.5 Å². The van der Waals surface area contributed by atoms with Crippen molar-refractivity contribution in [3.8, 4) is 0 Å². The minimum absolute atomic E-state index is 0.0456. The van der Waals surface area contributed by atoms with Gasteiger partial charge in [-0.25, -0.2) is 0 Å². The van der Waals surface area contributed by atoms with Crippen LogP contribution in [0.2, 0.25) is 0 Å². The normalized spacial score (nSPS) is 10.8. The molecule has 2 heterocycles. The second kappa shape index (κ2) is 8.77. The van der Waals surface area contributed by atoms with Crippen LogP contribution in [0.4, 0.5) is 5.69 Å². The highest BCUT2D eigenvalue weighted by atomic mass is 32.2. The Balaban J connectivity index is 1.52. The number of hydrogen-bond acceptors (Lipinski definition) is 6. The van der Waals surface area contributed by atoms with E-state index in [0.717, 1.165) is 17.0 Å². The zero-order valence-corrected chi connectivity index (χ0v) is 16.5. The van der Waals surface area contributed by atoms with E-state index in [1.165, 1.54) is 11.8 Å². The number of furan rings is 1. The first kappa shape index (κ1) is 19.0. The molecule has 0 aliphatic rings. The third-order valence-electron chi connectivity index (χ3n) is 4.11. The molecule has 0 atom stereocenters. The number of rotatable bonds is 8. The number of hydrogen-bond donors (Lipinski definition) is 0. The van der Waals surface area contributed by atoms with Crippen molar-refractivity contribution in [2.45, 2.75) is 18.2 Å². The molecule has 2 aromatic heterocycles. The van der Waals surface area contributed by atoms with E-state index in [1.54, 1.807) is 17.5 Å². The first-order chi connectivity index (χ1) is 13.0. The zero-order valence-electron chi connectivity index (χ0n) is 15.7. The van der Waals surface area contributed by atoms with Gasteiger partial charge in [0.25, 0.3) is 0 Å². The quantitative estimate of drug-likeness (QED) is 0.556. The molecular formula is C19H23N5O2S. The van der Waals surface area contributed by atoms with Crippen molar-refractivity contribution in [3.05, 3.63) is 60.3 Å². The molecule has 3 rings (SSSR count). The average Bonchev–Trinajstić information content (AvgIpc) is 3.32. The van der Waals surface area contributed by atoms with Gasteiger partial charge in [0.2, 0.25) is 5.91 Å². The van der Waals surface area contributed by atoms with E-state index in [-0.39, 0.29) is 5.91 Å². The number of aromatic nitrogens is 3. The molecule has 0 saturated heterocycles. The van der Waals surface area contributed by atoms with Crippen molar-refractivity contribution in [1.29, 1.82) is 0 Å². The van der Waals surface area contributed by atoms with Gasteiger partial charge in [-0.15, -0.1) is 10.2 Å². The van der Waals surface area contributed by atoms with E-state index in [0.29, 0.717) is 24.0 Å². The Morgan fingerprint density at radius 2 is 1.96 bits per heavy atom. The van der Waals surface area contributed by atoms with Crippen LogP contribution < -0.4 is 4.90 Å². The van der Waals surface area contributed by atoms with Gasteiger partial charge < -0.3 is 18.8 Å². The predicted octanol–water partition coefficient (Wildman–Crippen LogP) is 2.74. The molecule has 0 bridgehead atoms. The summed E-state index contributed by atoms with van der Waals surface area (Å²) in [5.74, 6) is 1.17. The van der Waals surface area contributed by atoms with Crippen molar-refractivity contribution in [2.24, 2.45) is 0 Å². The fourth-order valence-corrected chi connectivity index (χ4v) is 3.39. The lowest BCUT2D eigenvalue weighted by Crippen LogP contribution is -2.28. The Kier molecular flexibility index (Phi) is 6.18. The molecule has 7 nitrogen and oxygen atoms in total. The molecule has 0 spiro atoms. The molecule has 0 saturated carbocycles. The average molecular weight is 385 g/mol. The topological polar surface area (TPSA) is 67.4 Å². The number of anilines is 1. The first-order valence-corrected chi connectivity index (χ1v) is 9.54. The minimum atomic E-state index is 0.0456. The molecule has 0 fully saturated rings. The molecule has 0 N–H and O–H groups in total. The van der Waals surface area contributed by atoms with Gasteiger partial charge in [0, 0.05) is 33.4 Å². The van der Waals surface area contributed by atoms with Gasteiger partial charge >= 0.3 is 0 Å². The van der Waals surface area contributed by atoms with Crippen molar-refractivity contribution in [1.82, 2.24) is 19.7 Å². The summed E-state index contributed by atoms with van der Waals surface area (Å²) in [6.45, 7) is 1.12. The lowest BCUT2D eigenvalue weighted by Gasteiger charge is -2.18. The zero-order chi connectivity index (χ0) is 19.2. The lowest BCUT2D eigenvalue weighted by atomic mass is 10.2. The van der Waals surface area contributed by atoms with Crippen LogP contribution >= 0.6 is 11.8 Å². The van der Waals surface area contributed by atoms with Crippen LogP contribution in [0.5, 0.6) is 0 Å². The summed E-state index contributed by atoms with van der Waals surface area (Å²) in [4.78, 5) is 16.2. The van der Waals surface area contributed by atoms with Crippen molar-refractivity contribution in [2.75, 3.05) is 31.8 Å². The van der Waals surface area contributed by atoms with Gasteiger partial charge in [0.05, 0.1) is 18.6 Å². The van der Waals surface area contributed by atoms with E-state index in [2.05, 4.69) is 22.3 Å². The summed E-state index contributed by atoms with van der Waals surface area (Å²) in [6.07, 6.45) is 3.28.